The molecular weight excluding hydrogens is 436 g/mol. The van der Waals surface area contributed by atoms with Gasteiger partial charge in [-0.05, 0) is 68.8 Å². The summed E-state index contributed by atoms with van der Waals surface area (Å²) in [6.45, 7) is 8.87. The maximum atomic E-state index is 9.79. The molecule has 0 radical (unpaired) electrons. The first kappa shape index (κ1) is 24.1. The number of nitriles is 1. The number of rotatable bonds is 10. The second kappa shape index (κ2) is 11.4. The van der Waals surface area contributed by atoms with E-state index in [1.54, 1.807) is 6.20 Å². The predicted octanol–water partition coefficient (Wildman–Crippen LogP) is 5.49. The first-order chi connectivity index (χ1) is 17.1. The van der Waals surface area contributed by atoms with E-state index in [9.17, 15) is 5.26 Å². The van der Waals surface area contributed by atoms with Gasteiger partial charge in [0, 0.05) is 59.9 Å². The number of anilines is 2. The van der Waals surface area contributed by atoms with Crippen LogP contribution in [0.5, 0.6) is 0 Å². The molecule has 0 atom stereocenters. The van der Waals surface area contributed by atoms with Crippen molar-refractivity contribution < 1.29 is 4.74 Å². The molecule has 1 aromatic carbocycles. The number of aromatic nitrogens is 3. The molecule has 0 aliphatic heterocycles. The van der Waals surface area contributed by atoms with Gasteiger partial charge in [0.05, 0.1) is 29.2 Å². The lowest BCUT2D eigenvalue weighted by Gasteiger charge is -2.16. The Labute approximate surface area is 205 Å². The van der Waals surface area contributed by atoms with Gasteiger partial charge in [-0.25, -0.2) is 0 Å². The fourth-order valence-corrected chi connectivity index (χ4v) is 3.96. The van der Waals surface area contributed by atoms with E-state index in [1.165, 1.54) is 0 Å². The van der Waals surface area contributed by atoms with Crippen molar-refractivity contribution in [2.45, 2.75) is 27.3 Å². The van der Waals surface area contributed by atoms with Crippen molar-refractivity contribution >= 4 is 34.4 Å². The minimum atomic E-state index is 0.490. The fourth-order valence-electron chi connectivity index (χ4n) is 3.96. The van der Waals surface area contributed by atoms with E-state index >= 15 is 0 Å². The summed E-state index contributed by atoms with van der Waals surface area (Å²) < 4.78 is 5.36. The Morgan fingerprint density at radius 3 is 2.86 bits per heavy atom. The summed E-state index contributed by atoms with van der Waals surface area (Å²) in [5.41, 5.74) is 7.86. The molecule has 0 saturated heterocycles. The molecular formula is C28H30N6O. The van der Waals surface area contributed by atoms with Gasteiger partial charge in [0.1, 0.15) is 6.07 Å². The Balaban J connectivity index is 1.60. The zero-order valence-corrected chi connectivity index (χ0v) is 20.4. The number of pyridine rings is 2. The van der Waals surface area contributed by atoms with E-state index < -0.39 is 0 Å². The van der Waals surface area contributed by atoms with Gasteiger partial charge in [-0.3, -0.25) is 9.97 Å². The summed E-state index contributed by atoms with van der Waals surface area (Å²) in [5.74, 6) is 0. The number of hydrogen-bond acceptors (Lipinski definition) is 6. The van der Waals surface area contributed by atoms with Crippen LogP contribution in [-0.4, -0.2) is 34.7 Å². The van der Waals surface area contributed by atoms with Crippen LogP contribution in [0, 0.1) is 25.2 Å². The maximum Gasteiger partial charge on any atom is 0.103 e. The summed E-state index contributed by atoms with van der Waals surface area (Å²) in [7, 11) is 0. The maximum absolute atomic E-state index is 9.79. The van der Waals surface area contributed by atoms with E-state index in [0.29, 0.717) is 18.7 Å². The molecule has 7 nitrogen and oxygen atoms in total. The number of fused-ring (bicyclic) bond motifs is 1. The first-order valence-corrected chi connectivity index (χ1v) is 11.8. The third-order valence-electron chi connectivity index (χ3n) is 5.88. The van der Waals surface area contributed by atoms with Crippen LogP contribution >= 0.6 is 0 Å². The second-order valence-corrected chi connectivity index (χ2v) is 8.22. The molecule has 0 aliphatic rings. The lowest BCUT2D eigenvalue weighted by atomic mass is 10.0. The van der Waals surface area contributed by atoms with Crippen LogP contribution in [0.1, 0.15) is 40.7 Å². The highest BCUT2D eigenvalue weighted by Crippen LogP contribution is 2.32. The summed E-state index contributed by atoms with van der Waals surface area (Å²) >= 11 is 0. The molecule has 3 N–H and O–H groups in total. The molecule has 3 aromatic heterocycles. The summed E-state index contributed by atoms with van der Waals surface area (Å²) in [5, 5.41) is 17.8. The molecule has 0 spiro atoms. The highest BCUT2D eigenvalue weighted by atomic mass is 16.5. The number of hydrogen-bond donors (Lipinski definition) is 3. The third-order valence-corrected chi connectivity index (χ3v) is 5.88. The van der Waals surface area contributed by atoms with Gasteiger partial charge < -0.3 is 20.4 Å². The van der Waals surface area contributed by atoms with Gasteiger partial charge in [0.2, 0.25) is 0 Å². The molecule has 35 heavy (non-hydrogen) atoms. The van der Waals surface area contributed by atoms with E-state index in [-0.39, 0.29) is 0 Å². The zero-order chi connectivity index (χ0) is 24.6. The predicted molar refractivity (Wildman–Crippen MR) is 141 cm³/mol. The van der Waals surface area contributed by atoms with Gasteiger partial charge in [0.15, 0.2) is 0 Å². The number of ether oxygens (including phenoxy) is 1. The second-order valence-electron chi connectivity index (χ2n) is 8.22. The standard InChI is InChI=1S/C28H30N6O/c1-4-35-15-14-30-18-23-7-5-6-22(33-23)8-9-25-20(3)32-17-21(16-29)28(25)34-26-10-11-27-24(19(26)2)12-13-31-27/h5-13,17,30-31H,4,14-15,18H2,1-3H3,(H,32,34)/b9-8+. The van der Waals surface area contributed by atoms with Crippen LogP contribution < -0.4 is 10.6 Å². The van der Waals surface area contributed by atoms with Crippen LogP contribution in [-0.2, 0) is 11.3 Å². The molecule has 4 aromatic rings. The van der Waals surface area contributed by atoms with Crippen LogP contribution in [0.4, 0.5) is 11.4 Å². The van der Waals surface area contributed by atoms with Gasteiger partial charge >= 0.3 is 0 Å². The third kappa shape index (κ3) is 5.75. The van der Waals surface area contributed by atoms with Gasteiger partial charge in [0.25, 0.3) is 0 Å². The van der Waals surface area contributed by atoms with Crippen molar-refractivity contribution in [2.24, 2.45) is 0 Å². The molecule has 4 rings (SSSR count). The van der Waals surface area contributed by atoms with Crippen molar-refractivity contribution in [3.05, 3.63) is 82.6 Å². The molecule has 0 fully saturated rings. The lowest BCUT2D eigenvalue weighted by molar-refractivity contribution is 0.149. The molecule has 178 valence electrons. The Morgan fingerprint density at radius 1 is 1.14 bits per heavy atom. The molecule has 7 heteroatoms. The topological polar surface area (TPSA) is 98.6 Å². The van der Waals surface area contributed by atoms with E-state index in [0.717, 1.165) is 63.6 Å². The molecule has 0 bridgehead atoms. The fraction of sp³-hybridized carbons (Fsp3) is 0.250. The summed E-state index contributed by atoms with van der Waals surface area (Å²) in [6, 6.07) is 14.4. The number of benzene rings is 1. The Hall–Kier alpha value is -3.99. The Morgan fingerprint density at radius 2 is 2.03 bits per heavy atom. The smallest absolute Gasteiger partial charge is 0.103 e. The lowest BCUT2D eigenvalue weighted by Crippen LogP contribution is -2.19. The summed E-state index contributed by atoms with van der Waals surface area (Å²) in [4.78, 5) is 12.4. The highest BCUT2D eigenvalue weighted by Gasteiger charge is 2.13. The minimum absolute atomic E-state index is 0.490. The number of aryl methyl sites for hydroxylation is 2. The Kier molecular flexibility index (Phi) is 7.88. The molecule has 0 saturated carbocycles. The van der Waals surface area contributed by atoms with Crippen molar-refractivity contribution in [1.29, 1.82) is 5.26 Å². The number of nitrogens with zero attached hydrogens (tertiary/aromatic N) is 3. The van der Waals surface area contributed by atoms with E-state index in [4.69, 9.17) is 9.72 Å². The van der Waals surface area contributed by atoms with Crippen molar-refractivity contribution in [2.75, 3.05) is 25.1 Å². The zero-order valence-electron chi connectivity index (χ0n) is 20.4. The summed E-state index contributed by atoms with van der Waals surface area (Å²) in [6.07, 6.45) is 7.49. The number of nitrogens with one attached hydrogen (secondary N) is 3. The highest BCUT2D eigenvalue weighted by molar-refractivity contribution is 5.90. The van der Waals surface area contributed by atoms with E-state index in [2.05, 4.69) is 39.7 Å². The Bertz CT molecular complexity index is 1380. The quantitative estimate of drug-likeness (QED) is 0.268. The normalized spacial score (nSPS) is 11.3. The van der Waals surface area contributed by atoms with Crippen LogP contribution in [0.25, 0.3) is 23.1 Å². The average molecular weight is 467 g/mol. The van der Waals surface area contributed by atoms with Crippen molar-refractivity contribution in [3.63, 3.8) is 0 Å². The van der Waals surface area contributed by atoms with E-state index in [1.807, 2.05) is 62.5 Å². The minimum Gasteiger partial charge on any atom is -0.380 e. The van der Waals surface area contributed by atoms with Gasteiger partial charge in [-0.15, -0.1) is 0 Å². The largest absolute Gasteiger partial charge is 0.380 e. The van der Waals surface area contributed by atoms with Crippen LogP contribution in [0.15, 0.2) is 48.8 Å². The van der Waals surface area contributed by atoms with Crippen molar-refractivity contribution in [3.8, 4) is 6.07 Å². The number of H-pyrrole nitrogens is 1. The van der Waals surface area contributed by atoms with Gasteiger partial charge in [-0.2, -0.15) is 5.26 Å². The number of aromatic amines is 1. The SMILES string of the molecule is CCOCCNCc1cccc(/C=C/c2c(C)ncc(C#N)c2Nc2ccc3[nH]ccc3c2C)n1. The van der Waals surface area contributed by atoms with Gasteiger partial charge in [-0.1, -0.05) is 6.07 Å². The molecule has 3 heterocycles. The first-order valence-electron chi connectivity index (χ1n) is 11.8. The van der Waals surface area contributed by atoms with Crippen LogP contribution in [0.2, 0.25) is 0 Å². The molecule has 0 amide bonds. The monoisotopic (exact) mass is 466 g/mol. The average Bonchev–Trinajstić information content (AvgIpc) is 3.35. The van der Waals surface area contributed by atoms with Crippen molar-refractivity contribution in [1.82, 2.24) is 20.3 Å². The van der Waals surface area contributed by atoms with Crippen LogP contribution in [0.3, 0.4) is 0 Å². The molecule has 0 unspecified atom stereocenters. The molecule has 0 aliphatic carbocycles.